The molecule has 0 aliphatic carbocycles. The van der Waals surface area contributed by atoms with Crippen molar-refractivity contribution in [3.8, 4) is 0 Å². The Bertz CT molecular complexity index is 450. The molecule has 0 bridgehead atoms. The third kappa shape index (κ3) is 3.26. The maximum absolute atomic E-state index is 12.7. The Balaban J connectivity index is 2.15. The van der Waals surface area contributed by atoms with E-state index in [0.717, 1.165) is 18.7 Å². The summed E-state index contributed by atoms with van der Waals surface area (Å²) in [5, 5.41) is 0. The minimum atomic E-state index is 0.0129. The first-order valence-corrected chi connectivity index (χ1v) is 8.25. The lowest BCUT2D eigenvalue weighted by Gasteiger charge is -2.29. The van der Waals surface area contributed by atoms with Crippen molar-refractivity contribution in [3.63, 3.8) is 0 Å². The van der Waals surface area contributed by atoms with Crippen molar-refractivity contribution in [2.45, 2.75) is 37.1 Å². The van der Waals surface area contributed by atoms with Gasteiger partial charge < -0.3 is 4.90 Å². The number of carbonyl (C=O) groups excluding carboxylic acids is 1. The number of rotatable bonds is 5. The molecule has 104 valence electrons. The molecule has 1 aromatic rings. The molecule has 0 N–H and O–H groups in total. The molecule has 0 fully saturated rings. The van der Waals surface area contributed by atoms with Gasteiger partial charge in [0.15, 0.2) is 0 Å². The smallest absolute Gasteiger partial charge is 0.231 e. The van der Waals surface area contributed by atoms with Crippen LogP contribution in [0.4, 0.5) is 0 Å². The lowest BCUT2D eigenvalue weighted by Crippen LogP contribution is -2.41. The number of benzene rings is 1. The number of thioether (sulfide) groups is 1. The van der Waals surface area contributed by atoms with Gasteiger partial charge in [0.25, 0.3) is 0 Å². The summed E-state index contributed by atoms with van der Waals surface area (Å²) in [7, 11) is 0. The Hall–Kier alpha value is -0.670. The highest BCUT2D eigenvalue weighted by atomic mass is 35.5. The number of nitrogens with zero attached hydrogens (tertiary/aromatic N) is 1. The van der Waals surface area contributed by atoms with E-state index < -0.39 is 0 Å². The van der Waals surface area contributed by atoms with Crippen molar-refractivity contribution in [3.05, 3.63) is 29.8 Å². The van der Waals surface area contributed by atoms with Crippen LogP contribution in [0.15, 0.2) is 29.2 Å². The van der Waals surface area contributed by atoms with Gasteiger partial charge in [-0.05, 0) is 31.9 Å². The van der Waals surface area contributed by atoms with Crippen LogP contribution in [-0.4, -0.2) is 35.0 Å². The average Bonchev–Trinajstić information content (AvgIpc) is 2.82. The molecule has 0 saturated carbocycles. The molecule has 1 amide bonds. The van der Waals surface area contributed by atoms with Gasteiger partial charge in [0.2, 0.25) is 5.91 Å². The van der Waals surface area contributed by atoms with Gasteiger partial charge >= 0.3 is 0 Å². The Morgan fingerprint density at radius 3 is 2.89 bits per heavy atom. The van der Waals surface area contributed by atoms with Crippen LogP contribution >= 0.6 is 23.4 Å². The van der Waals surface area contributed by atoms with Crippen LogP contribution in [0.1, 0.15) is 31.7 Å². The molecule has 2 rings (SSSR count). The summed E-state index contributed by atoms with van der Waals surface area (Å²) in [6, 6.07) is 8.47. The van der Waals surface area contributed by atoms with E-state index in [1.54, 1.807) is 11.8 Å². The van der Waals surface area contributed by atoms with E-state index in [0.29, 0.717) is 5.88 Å². The summed E-state index contributed by atoms with van der Waals surface area (Å²) >= 11 is 7.54. The van der Waals surface area contributed by atoms with E-state index in [-0.39, 0.29) is 17.9 Å². The largest absolute Gasteiger partial charge is 0.340 e. The van der Waals surface area contributed by atoms with Crippen molar-refractivity contribution >= 4 is 29.3 Å². The molecule has 1 atom stereocenters. The first-order chi connectivity index (χ1) is 9.15. The second-order valence-electron chi connectivity index (χ2n) is 5.07. The summed E-state index contributed by atoms with van der Waals surface area (Å²) in [6.45, 7) is 4.89. The zero-order valence-corrected chi connectivity index (χ0v) is 13.0. The molecule has 0 aromatic heterocycles. The molecule has 19 heavy (non-hydrogen) atoms. The fourth-order valence-corrected chi connectivity index (χ4v) is 3.76. The lowest BCUT2D eigenvalue weighted by molar-refractivity contribution is -0.134. The lowest BCUT2D eigenvalue weighted by atomic mass is 9.99. The topological polar surface area (TPSA) is 20.3 Å². The SMILES string of the molecule is CC(C)N(CCCCl)C(=O)C1CSc2ccccc21. The van der Waals surface area contributed by atoms with Gasteiger partial charge in [-0.25, -0.2) is 0 Å². The summed E-state index contributed by atoms with van der Waals surface area (Å²) in [5.74, 6) is 1.73. The molecule has 1 heterocycles. The highest BCUT2D eigenvalue weighted by molar-refractivity contribution is 7.99. The van der Waals surface area contributed by atoms with Crippen LogP contribution in [0, 0.1) is 0 Å². The summed E-state index contributed by atoms with van der Waals surface area (Å²) in [6.07, 6.45) is 0.854. The Kier molecular flexibility index (Phi) is 5.17. The molecular formula is C15H20ClNOS. The van der Waals surface area contributed by atoms with Crippen LogP contribution in [0.5, 0.6) is 0 Å². The van der Waals surface area contributed by atoms with E-state index in [9.17, 15) is 4.79 Å². The van der Waals surface area contributed by atoms with E-state index >= 15 is 0 Å². The third-order valence-corrected chi connectivity index (χ3v) is 4.89. The monoisotopic (exact) mass is 297 g/mol. The molecule has 1 aliphatic rings. The van der Waals surface area contributed by atoms with Crippen LogP contribution in [0.2, 0.25) is 0 Å². The number of hydrogen-bond acceptors (Lipinski definition) is 2. The minimum Gasteiger partial charge on any atom is -0.340 e. The number of carbonyl (C=O) groups is 1. The van der Waals surface area contributed by atoms with Gasteiger partial charge in [0.1, 0.15) is 0 Å². The Labute approximate surface area is 124 Å². The third-order valence-electron chi connectivity index (χ3n) is 3.44. The number of hydrogen-bond donors (Lipinski definition) is 0. The molecule has 4 heteroatoms. The summed E-state index contributed by atoms with van der Waals surface area (Å²) in [4.78, 5) is 15.9. The minimum absolute atomic E-state index is 0.0129. The molecule has 0 saturated heterocycles. The van der Waals surface area contributed by atoms with Crippen LogP contribution < -0.4 is 0 Å². The highest BCUT2D eigenvalue weighted by Crippen LogP contribution is 2.40. The van der Waals surface area contributed by atoms with Crippen molar-refractivity contribution in [2.24, 2.45) is 0 Å². The predicted octanol–water partition coefficient (Wildman–Crippen LogP) is 3.74. The molecule has 1 aliphatic heterocycles. The van der Waals surface area contributed by atoms with Crippen LogP contribution in [-0.2, 0) is 4.79 Å². The first kappa shape index (κ1) is 14.7. The molecular weight excluding hydrogens is 278 g/mol. The quantitative estimate of drug-likeness (QED) is 0.772. The standard InChI is InChI=1S/C15H20ClNOS/c1-11(2)17(9-5-8-16)15(18)13-10-19-14-7-4-3-6-12(13)14/h3-4,6-7,11,13H,5,8-10H2,1-2H3. The predicted molar refractivity (Wildman–Crippen MR) is 82.1 cm³/mol. The van der Waals surface area contributed by atoms with E-state index in [2.05, 4.69) is 26.0 Å². The Morgan fingerprint density at radius 1 is 1.47 bits per heavy atom. The fraction of sp³-hybridized carbons (Fsp3) is 0.533. The second-order valence-corrected chi connectivity index (χ2v) is 6.51. The number of amides is 1. The van der Waals surface area contributed by atoms with Gasteiger partial charge in [0, 0.05) is 29.1 Å². The van der Waals surface area contributed by atoms with Crippen molar-refractivity contribution in [2.75, 3.05) is 18.2 Å². The van der Waals surface area contributed by atoms with Crippen LogP contribution in [0.3, 0.4) is 0 Å². The maximum Gasteiger partial charge on any atom is 0.231 e. The van der Waals surface area contributed by atoms with Crippen LogP contribution in [0.25, 0.3) is 0 Å². The molecule has 1 unspecified atom stereocenters. The van der Waals surface area contributed by atoms with E-state index in [4.69, 9.17) is 11.6 Å². The van der Waals surface area contributed by atoms with Crippen molar-refractivity contribution in [1.29, 1.82) is 0 Å². The molecule has 0 spiro atoms. The highest BCUT2D eigenvalue weighted by Gasteiger charge is 2.32. The van der Waals surface area contributed by atoms with E-state index in [1.807, 2.05) is 17.0 Å². The van der Waals surface area contributed by atoms with Gasteiger partial charge in [-0.3, -0.25) is 4.79 Å². The van der Waals surface area contributed by atoms with Gasteiger partial charge in [-0.15, -0.1) is 23.4 Å². The number of halogens is 1. The van der Waals surface area contributed by atoms with Crippen molar-refractivity contribution in [1.82, 2.24) is 4.90 Å². The number of alkyl halides is 1. The summed E-state index contributed by atoms with van der Waals surface area (Å²) in [5.41, 5.74) is 1.19. The number of fused-ring (bicyclic) bond motifs is 1. The molecule has 2 nitrogen and oxygen atoms in total. The zero-order chi connectivity index (χ0) is 13.8. The maximum atomic E-state index is 12.7. The van der Waals surface area contributed by atoms with Gasteiger partial charge in [0.05, 0.1) is 5.92 Å². The zero-order valence-electron chi connectivity index (χ0n) is 11.4. The van der Waals surface area contributed by atoms with Crippen molar-refractivity contribution < 1.29 is 4.79 Å². The first-order valence-electron chi connectivity index (χ1n) is 6.73. The fourth-order valence-electron chi connectivity index (χ4n) is 2.42. The van der Waals surface area contributed by atoms with E-state index in [1.165, 1.54) is 10.5 Å². The average molecular weight is 298 g/mol. The van der Waals surface area contributed by atoms with Gasteiger partial charge in [-0.2, -0.15) is 0 Å². The normalized spacial score (nSPS) is 17.6. The molecule has 1 aromatic carbocycles. The second kappa shape index (κ2) is 6.67. The summed E-state index contributed by atoms with van der Waals surface area (Å²) < 4.78 is 0. The Morgan fingerprint density at radius 2 is 2.21 bits per heavy atom. The van der Waals surface area contributed by atoms with Gasteiger partial charge in [-0.1, -0.05) is 18.2 Å². The molecule has 0 radical (unpaired) electrons.